The van der Waals surface area contributed by atoms with Crippen molar-refractivity contribution in [1.29, 1.82) is 0 Å². The minimum absolute atomic E-state index is 0.250. The van der Waals surface area contributed by atoms with Gasteiger partial charge in [0.1, 0.15) is 0 Å². The minimum atomic E-state index is 0.250. The monoisotopic (exact) mass is 216 g/mol. The largest absolute Gasteiger partial charge is 0.0837 e. The summed E-state index contributed by atoms with van der Waals surface area (Å²) in [4.78, 5) is 0. The highest BCUT2D eigenvalue weighted by Gasteiger charge is 2.12. The predicted octanol–water partition coefficient (Wildman–Crippen LogP) is 5.04. The normalized spacial score (nSPS) is 12.6. The van der Waals surface area contributed by atoms with Gasteiger partial charge in [-0.1, -0.05) is 71.0 Å². The SMILES string of the molecule is CC(C)C/C=C/c1ccc(C(C)(C)C)cc1. The summed E-state index contributed by atoms with van der Waals surface area (Å²) in [7, 11) is 0. The van der Waals surface area contributed by atoms with Gasteiger partial charge in [-0.15, -0.1) is 0 Å². The van der Waals surface area contributed by atoms with Gasteiger partial charge in [0.05, 0.1) is 0 Å². The van der Waals surface area contributed by atoms with Crippen LogP contribution in [0.5, 0.6) is 0 Å². The molecule has 16 heavy (non-hydrogen) atoms. The van der Waals surface area contributed by atoms with E-state index in [1.54, 1.807) is 0 Å². The summed E-state index contributed by atoms with van der Waals surface area (Å²) in [6, 6.07) is 8.87. The first-order chi connectivity index (χ1) is 7.39. The van der Waals surface area contributed by atoms with Crippen LogP contribution in [0.4, 0.5) is 0 Å². The Morgan fingerprint density at radius 3 is 2.06 bits per heavy atom. The van der Waals surface area contributed by atoms with Crippen LogP contribution < -0.4 is 0 Å². The minimum Gasteiger partial charge on any atom is -0.0837 e. The maximum atomic E-state index is 2.26. The summed E-state index contributed by atoms with van der Waals surface area (Å²) in [6.45, 7) is 11.2. The number of hydrogen-bond donors (Lipinski definition) is 0. The Bertz CT molecular complexity index is 333. The van der Waals surface area contributed by atoms with E-state index in [9.17, 15) is 0 Å². The van der Waals surface area contributed by atoms with E-state index in [4.69, 9.17) is 0 Å². The van der Waals surface area contributed by atoms with Crippen LogP contribution in [0.2, 0.25) is 0 Å². The van der Waals surface area contributed by atoms with Crippen molar-refractivity contribution in [3.8, 4) is 0 Å². The highest BCUT2D eigenvalue weighted by atomic mass is 14.2. The van der Waals surface area contributed by atoms with Crippen molar-refractivity contribution in [2.75, 3.05) is 0 Å². The second kappa shape index (κ2) is 5.34. The summed E-state index contributed by atoms with van der Waals surface area (Å²) in [5, 5.41) is 0. The molecular weight excluding hydrogens is 192 g/mol. The fourth-order valence-corrected chi connectivity index (χ4v) is 1.57. The number of hydrogen-bond acceptors (Lipinski definition) is 0. The zero-order valence-electron chi connectivity index (χ0n) is 11.2. The van der Waals surface area contributed by atoms with Crippen LogP contribution in [0.3, 0.4) is 0 Å². The lowest BCUT2D eigenvalue weighted by atomic mass is 9.87. The first-order valence-electron chi connectivity index (χ1n) is 6.16. The molecule has 0 aliphatic heterocycles. The quantitative estimate of drug-likeness (QED) is 0.663. The fraction of sp³-hybridized carbons (Fsp3) is 0.500. The molecule has 0 unspecified atom stereocenters. The van der Waals surface area contributed by atoms with Crippen LogP contribution in [-0.4, -0.2) is 0 Å². The molecule has 0 heteroatoms. The number of benzene rings is 1. The molecule has 0 aliphatic carbocycles. The van der Waals surface area contributed by atoms with Crippen LogP contribution in [0.1, 0.15) is 52.2 Å². The molecule has 0 heterocycles. The van der Waals surface area contributed by atoms with E-state index in [-0.39, 0.29) is 5.41 Å². The van der Waals surface area contributed by atoms with Gasteiger partial charge in [0.15, 0.2) is 0 Å². The molecule has 0 amide bonds. The molecule has 1 aromatic carbocycles. The Morgan fingerprint density at radius 2 is 1.62 bits per heavy atom. The molecule has 0 radical (unpaired) electrons. The van der Waals surface area contributed by atoms with E-state index in [2.05, 4.69) is 71.0 Å². The summed E-state index contributed by atoms with van der Waals surface area (Å²) in [5.41, 5.74) is 2.95. The molecule has 0 atom stereocenters. The van der Waals surface area contributed by atoms with E-state index in [1.807, 2.05) is 0 Å². The molecule has 0 aliphatic rings. The first-order valence-corrected chi connectivity index (χ1v) is 6.16. The first kappa shape index (κ1) is 13.0. The van der Waals surface area contributed by atoms with Gasteiger partial charge in [-0.25, -0.2) is 0 Å². The fourth-order valence-electron chi connectivity index (χ4n) is 1.57. The Morgan fingerprint density at radius 1 is 1.06 bits per heavy atom. The molecule has 0 spiro atoms. The summed E-state index contributed by atoms with van der Waals surface area (Å²) in [5.74, 6) is 0.741. The molecule has 88 valence electrons. The number of allylic oxidation sites excluding steroid dienone is 1. The third-order valence-corrected chi connectivity index (χ3v) is 2.69. The lowest BCUT2D eigenvalue weighted by molar-refractivity contribution is 0.590. The van der Waals surface area contributed by atoms with Crippen molar-refractivity contribution < 1.29 is 0 Å². The average Bonchev–Trinajstić information content (AvgIpc) is 2.16. The van der Waals surface area contributed by atoms with Crippen LogP contribution in [0.15, 0.2) is 30.3 Å². The molecule has 1 rings (SSSR count). The Hall–Kier alpha value is -1.04. The van der Waals surface area contributed by atoms with Gasteiger partial charge in [-0.2, -0.15) is 0 Å². The molecule has 0 nitrogen and oxygen atoms in total. The number of rotatable bonds is 3. The second-order valence-electron chi connectivity index (χ2n) is 5.90. The standard InChI is InChI=1S/C16H24/c1-13(2)7-6-8-14-9-11-15(12-10-14)16(3,4)5/h6,8-13H,7H2,1-5H3/b8-6+. The van der Waals surface area contributed by atoms with Crippen molar-refractivity contribution in [2.24, 2.45) is 5.92 Å². The van der Waals surface area contributed by atoms with Gasteiger partial charge in [0.25, 0.3) is 0 Å². The van der Waals surface area contributed by atoms with Gasteiger partial charge in [0, 0.05) is 0 Å². The van der Waals surface area contributed by atoms with E-state index >= 15 is 0 Å². The molecule has 0 saturated heterocycles. The van der Waals surface area contributed by atoms with Crippen molar-refractivity contribution in [2.45, 2.75) is 46.5 Å². The third kappa shape index (κ3) is 4.22. The van der Waals surface area contributed by atoms with E-state index in [0.29, 0.717) is 0 Å². The highest BCUT2D eigenvalue weighted by molar-refractivity contribution is 5.50. The van der Waals surface area contributed by atoms with Gasteiger partial charge in [-0.05, 0) is 28.9 Å². The molecule has 0 aromatic heterocycles. The van der Waals surface area contributed by atoms with Crippen molar-refractivity contribution in [3.05, 3.63) is 41.5 Å². The Kier molecular flexibility index (Phi) is 4.35. The lowest BCUT2D eigenvalue weighted by Crippen LogP contribution is -2.10. The lowest BCUT2D eigenvalue weighted by Gasteiger charge is -2.18. The van der Waals surface area contributed by atoms with Gasteiger partial charge in [0.2, 0.25) is 0 Å². The van der Waals surface area contributed by atoms with Crippen LogP contribution in [-0.2, 0) is 5.41 Å². The van der Waals surface area contributed by atoms with Gasteiger partial charge in [-0.3, -0.25) is 0 Å². The topological polar surface area (TPSA) is 0 Å². The molecule has 1 aromatic rings. The molecule has 0 bridgehead atoms. The summed E-state index contributed by atoms with van der Waals surface area (Å²) >= 11 is 0. The molecule has 0 fully saturated rings. The van der Waals surface area contributed by atoms with E-state index < -0.39 is 0 Å². The summed E-state index contributed by atoms with van der Waals surface area (Å²) < 4.78 is 0. The maximum Gasteiger partial charge on any atom is -0.0132 e. The predicted molar refractivity (Wildman–Crippen MR) is 73.6 cm³/mol. The maximum absolute atomic E-state index is 2.26. The molecular formula is C16H24. The van der Waals surface area contributed by atoms with Crippen molar-refractivity contribution in [1.82, 2.24) is 0 Å². The third-order valence-electron chi connectivity index (χ3n) is 2.69. The van der Waals surface area contributed by atoms with Crippen molar-refractivity contribution in [3.63, 3.8) is 0 Å². The van der Waals surface area contributed by atoms with Crippen molar-refractivity contribution >= 4 is 6.08 Å². The summed E-state index contributed by atoms with van der Waals surface area (Å²) in [6.07, 6.45) is 5.63. The van der Waals surface area contributed by atoms with Crippen LogP contribution in [0.25, 0.3) is 6.08 Å². The van der Waals surface area contributed by atoms with Crippen LogP contribution >= 0.6 is 0 Å². The molecule has 0 saturated carbocycles. The van der Waals surface area contributed by atoms with Gasteiger partial charge >= 0.3 is 0 Å². The highest BCUT2D eigenvalue weighted by Crippen LogP contribution is 2.22. The zero-order valence-corrected chi connectivity index (χ0v) is 11.2. The average molecular weight is 216 g/mol. The van der Waals surface area contributed by atoms with E-state index in [1.165, 1.54) is 11.1 Å². The van der Waals surface area contributed by atoms with Gasteiger partial charge < -0.3 is 0 Å². The zero-order chi connectivity index (χ0) is 12.2. The smallest absolute Gasteiger partial charge is 0.0132 e. The Balaban J connectivity index is 2.69. The Labute approximate surface area is 100 Å². The second-order valence-corrected chi connectivity index (χ2v) is 5.90. The van der Waals surface area contributed by atoms with E-state index in [0.717, 1.165) is 12.3 Å². The van der Waals surface area contributed by atoms with Crippen LogP contribution in [0, 0.1) is 5.92 Å². The molecule has 0 N–H and O–H groups in total.